The van der Waals surface area contributed by atoms with E-state index in [9.17, 15) is 24.9 Å². The van der Waals surface area contributed by atoms with E-state index in [4.69, 9.17) is 4.74 Å². The number of benzene rings is 2. The van der Waals surface area contributed by atoms with Gasteiger partial charge in [0, 0.05) is 11.1 Å². The quantitative estimate of drug-likeness (QED) is 0.308. The lowest BCUT2D eigenvalue weighted by molar-refractivity contribution is -0.210. The van der Waals surface area contributed by atoms with Crippen molar-refractivity contribution in [2.45, 2.75) is 24.5 Å². The molecule has 11 heteroatoms. The van der Waals surface area contributed by atoms with Crippen molar-refractivity contribution in [2.24, 2.45) is 0 Å². The largest absolute Gasteiger partial charge is 0.388 e. The number of rotatable bonds is 5. The second kappa shape index (κ2) is 9.31. The SMILES string of the molecule is O=C(Nc1nc(C(=O)c2ccccc2)nc2c1ncn2[C@@H]1OC[C@@H](O)[C@@H](O)[C@H]1O)c1ccccc1. The third kappa shape index (κ3) is 4.29. The molecular weight excluding hydrogens is 454 g/mol. The normalized spacial score (nSPS) is 22.1. The number of nitrogens with zero attached hydrogens (tertiary/aromatic N) is 4. The molecule has 35 heavy (non-hydrogen) atoms. The summed E-state index contributed by atoms with van der Waals surface area (Å²) in [7, 11) is 0. The zero-order valence-electron chi connectivity index (χ0n) is 18.2. The first-order valence-electron chi connectivity index (χ1n) is 10.8. The molecule has 0 radical (unpaired) electrons. The number of fused-ring (bicyclic) bond motifs is 1. The van der Waals surface area contributed by atoms with Crippen molar-refractivity contribution >= 4 is 28.7 Å². The van der Waals surface area contributed by atoms with Crippen LogP contribution in [-0.2, 0) is 4.74 Å². The molecule has 178 valence electrons. The molecule has 2 aromatic carbocycles. The summed E-state index contributed by atoms with van der Waals surface area (Å²) in [5, 5.41) is 33.1. The minimum Gasteiger partial charge on any atom is -0.388 e. The van der Waals surface area contributed by atoms with Crippen LogP contribution in [0.2, 0.25) is 0 Å². The highest BCUT2D eigenvalue weighted by molar-refractivity contribution is 6.10. The molecule has 4 N–H and O–H groups in total. The molecule has 1 aliphatic heterocycles. The van der Waals surface area contributed by atoms with E-state index < -0.39 is 36.2 Å². The maximum Gasteiger partial charge on any atom is 0.256 e. The van der Waals surface area contributed by atoms with Crippen molar-refractivity contribution in [1.29, 1.82) is 0 Å². The smallest absolute Gasteiger partial charge is 0.256 e. The highest BCUT2D eigenvalue weighted by atomic mass is 16.5. The molecule has 0 aliphatic carbocycles. The van der Waals surface area contributed by atoms with Crippen LogP contribution < -0.4 is 5.32 Å². The molecule has 0 bridgehead atoms. The van der Waals surface area contributed by atoms with Gasteiger partial charge in [0.05, 0.1) is 12.9 Å². The number of carbonyl (C=O) groups excluding carboxylic acids is 2. The summed E-state index contributed by atoms with van der Waals surface area (Å²) >= 11 is 0. The number of aliphatic hydroxyl groups is 3. The van der Waals surface area contributed by atoms with Crippen molar-refractivity contribution in [1.82, 2.24) is 19.5 Å². The van der Waals surface area contributed by atoms with E-state index in [1.165, 1.54) is 10.9 Å². The van der Waals surface area contributed by atoms with Crippen LogP contribution in [0, 0.1) is 0 Å². The van der Waals surface area contributed by atoms with Crippen LogP contribution in [0.3, 0.4) is 0 Å². The van der Waals surface area contributed by atoms with Gasteiger partial charge in [0.2, 0.25) is 11.6 Å². The lowest BCUT2D eigenvalue weighted by Crippen LogP contribution is -2.50. The average molecular weight is 475 g/mol. The van der Waals surface area contributed by atoms with Crippen LogP contribution in [0.25, 0.3) is 11.2 Å². The number of ether oxygens (including phenoxy) is 1. The minimum absolute atomic E-state index is 0.00670. The molecule has 0 spiro atoms. The number of imidazole rings is 1. The number of anilines is 1. The number of aromatic nitrogens is 4. The average Bonchev–Trinajstić information content (AvgIpc) is 3.32. The first-order valence-corrected chi connectivity index (χ1v) is 10.8. The summed E-state index contributed by atoms with van der Waals surface area (Å²) < 4.78 is 6.86. The minimum atomic E-state index is -1.50. The third-order valence-corrected chi connectivity index (χ3v) is 5.68. The zero-order valence-corrected chi connectivity index (χ0v) is 18.2. The number of aliphatic hydroxyl groups excluding tert-OH is 3. The number of hydrogen-bond donors (Lipinski definition) is 4. The fourth-order valence-corrected chi connectivity index (χ4v) is 3.81. The highest BCUT2D eigenvalue weighted by Gasteiger charge is 2.39. The molecule has 4 aromatic rings. The van der Waals surface area contributed by atoms with Gasteiger partial charge in [-0.25, -0.2) is 15.0 Å². The Kier molecular flexibility index (Phi) is 6.05. The van der Waals surface area contributed by atoms with Crippen LogP contribution in [0.15, 0.2) is 67.0 Å². The Morgan fingerprint density at radius 2 is 1.57 bits per heavy atom. The Bertz CT molecular complexity index is 1380. The summed E-state index contributed by atoms with van der Waals surface area (Å²) in [6, 6.07) is 16.9. The summed E-state index contributed by atoms with van der Waals surface area (Å²) in [5.41, 5.74) is 0.953. The number of nitrogens with one attached hydrogen (secondary N) is 1. The first-order chi connectivity index (χ1) is 16.9. The maximum atomic E-state index is 13.1. The zero-order chi connectivity index (χ0) is 24.5. The Morgan fingerprint density at radius 1 is 0.914 bits per heavy atom. The first kappa shape index (κ1) is 22.7. The predicted octanol–water partition coefficient (Wildman–Crippen LogP) is 0.921. The molecular formula is C24H21N5O6. The Labute approximate surface area is 198 Å². The fraction of sp³-hybridized carbons (Fsp3) is 0.208. The van der Waals surface area contributed by atoms with E-state index in [2.05, 4.69) is 20.3 Å². The molecule has 5 rings (SSSR count). The molecule has 1 fully saturated rings. The molecule has 11 nitrogen and oxygen atoms in total. The molecule has 1 aliphatic rings. The third-order valence-electron chi connectivity index (χ3n) is 5.68. The topological polar surface area (TPSA) is 160 Å². The standard InChI is InChI=1S/C24H21N5O6/c30-15-11-35-24(19(33)18(15)32)29-12-25-16-20(28-23(34)14-9-5-2-6-10-14)26-21(27-22(16)29)17(31)13-7-3-1-4-8-13/h1-10,12,15,18-19,24,30,32-33H,11H2,(H,26,27,28,34)/t15-,18-,19-,24-/m1/s1. The maximum absolute atomic E-state index is 13.1. The number of carbonyl (C=O) groups is 2. The summed E-state index contributed by atoms with van der Waals surface area (Å²) in [4.78, 5) is 38.9. The van der Waals surface area contributed by atoms with Gasteiger partial charge in [0.15, 0.2) is 23.2 Å². The van der Waals surface area contributed by atoms with Gasteiger partial charge in [-0.1, -0.05) is 48.5 Å². The monoisotopic (exact) mass is 475 g/mol. The van der Waals surface area contributed by atoms with Crippen molar-refractivity contribution < 1.29 is 29.6 Å². The summed E-state index contributed by atoms with van der Waals surface area (Å²) in [6.07, 6.45) is -4.07. The molecule has 1 saturated heterocycles. The lowest BCUT2D eigenvalue weighted by atomic mass is 10.0. The molecule has 0 saturated carbocycles. The van der Waals surface area contributed by atoms with Gasteiger partial charge in [0.1, 0.15) is 18.3 Å². The van der Waals surface area contributed by atoms with Crippen molar-refractivity contribution in [3.63, 3.8) is 0 Å². The van der Waals surface area contributed by atoms with E-state index in [0.717, 1.165) is 0 Å². The van der Waals surface area contributed by atoms with Gasteiger partial charge in [0.25, 0.3) is 5.91 Å². The Hall–Kier alpha value is -4.03. The van der Waals surface area contributed by atoms with Crippen LogP contribution in [-0.4, -0.2) is 71.4 Å². The van der Waals surface area contributed by atoms with E-state index >= 15 is 0 Å². The molecule has 2 aromatic heterocycles. The van der Waals surface area contributed by atoms with Crippen molar-refractivity contribution in [3.8, 4) is 0 Å². The number of amides is 1. The second-order valence-electron chi connectivity index (χ2n) is 8.01. The Balaban J connectivity index is 1.61. The Morgan fingerprint density at radius 3 is 2.26 bits per heavy atom. The van der Waals surface area contributed by atoms with E-state index in [0.29, 0.717) is 11.1 Å². The lowest BCUT2D eigenvalue weighted by Gasteiger charge is -2.35. The molecule has 0 unspecified atom stereocenters. The van der Waals surface area contributed by atoms with Crippen LogP contribution in [0.1, 0.15) is 32.8 Å². The second-order valence-corrected chi connectivity index (χ2v) is 8.01. The number of hydrogen-bond acceptors (Lipinski definition) is 9. The van der Waals surface area contributed by atoms with Gasteiger partial charge in [-0.2, -0.15) is 0 Å². The van der Waals surface area contributed by atoms with Crippen molar-refractivity contribution in [2.75, 3.05) is 11.9 Å². The van der Waals surface area contributed by atoms with Gasteiger partial charge in [-0.3, -0.25) is 14.2 Å². The van der Waals surface area contributed by atoms with E-state index in [-0.39, 0.29) is 29.4 Å². The van der Waals surface area contributed by atoms with Crippen LogP contribution in [0.4, 0.5) is 5.82 Å². The number of ketones is 1. The van der Waals surface area contributed by atoms with Gasteiger partial charge in [-0.05, 0) is 12.1 Å². The van der Waals surface area contributed by atoms with Crippen LogP contribution in [0.5, 0.6) is 0 Å². The van der Waals surface area contributed by atoms with Crippen molar-refractivity contribution in [3.05, 3.63) is 83.9 Å². The molecule has 3 heterocycles. The fourth-order valence-electron chi connectivity index (χ4n) is 3.81. The van der Waals surface area contributed by atoms with E-state index in [1.807, 2.05) is 0 Å². The van der Waals surface area contributed by atoms with Gasteiger partial charge < -0.3 is 25.4 Å². The van der Waals surface area contributed by atoms with Gasteiger partial charge >= 0.3 is 0 Å². The van der Waals surface area contributed by atoms with Gasteiger partial charge in [-0.15, -0.1) is 0 Å². The summed E-state index contributed by atoms with van der Waals surface area (Å²) in [6.45, 7) is -0.235. The highest BCUT2D eigenvalue weighted by Crippen LogP contribution is 2.29. The van der Waals surface area contributed by atoms with Crippen LogP contribution >= 0.6 is 0 Å². The summed E-state index contributed by atoms with van der Waals surface area (Å²) in [5.74, 6) is -1.17. The molecule has 4 atom stereocenters. The predicted molar refractivity (Wildman–Crippen MR) is 123 cm³/mol. The van der Waals surface area contributed by atoms with E-state index in [1.54, 1.807) is 60.7 Å². The molecule has 1 amide bonds.